The summed E-state index contributed by atoms with van der Waals surface area (Å²) in [6.45, 7) is 5.91. The van der Waals surface area contributed by atoms with Crippen molar-refractivity contribution in [3.05, 3.63) is 22.3 Å². The van der Waals surface area contributed by atoms with Gasteiger partial charge in [-0.25, -0.2) is 4.79 Å². The molecule has 0 amide bonds. The van der Waals surface area contributed by atoms with Gasteiger partial charge in [-0.15, -0.1) is 0 Å². The molecule has 0 aliphatic heterocycles. The molecule has 8 N–H and O–H groups in total. The Hall–Kier alpha value is -1.74. The Kier molecular flexibility index (Phi) is 7.72. The first-order chi connectivity index (χ1) is 19.8. The average molecular weight is 584 g/mol. The number of rotatable bonds is 3. The second kappa shape index (κ2) is 10.7. The molecule has 6 aliphatic carbocycles. The van der Waals surface area contributed by atoms with Crippen molar-refractivity contribution in [3.63, 3.8) is 0 Å². The van der Waals surface area contributed by atoms with Crippen LogP contribution in [0.25, 0.3) is 0 Å². The molecular weight excluding hydrogens is 530 g/mol. The standard InChI is InChI=1S/C34H53N3O5/c1-18(38)42-26-17-33(3)23(28(26)27(31(40)41)21-10-6-9-20(15-21)19-7-4-5-8-19)16-24(35)30-32(2)13-12-25(39)29(36)22(32)11-14-34(30,33)37/h21-26,29-30,39H,4-17,35-37H2,1-3H3,(H,40,41)/b28-27-/t21?,22-,23-,24-,25+,26-,29-,30-,32-,33-,34+/m0/s1. The first-order valence-electron chi connectivity index (χ1n) is 16.6. The molecule has 0 heterocycles. The topological polar surface area (TPSA) is 162 Å². The first-order valence-corrected chi connectivity index (χ1v) is 16.6. The molecule has 6 saturated carbocycles. The number of hydrogen-bond acceptors (Lipinski definition) is 7. The zero-order chi connectivity index (χ0) is 30.2. The smallest absolute Gasteiger partial charge is 0.331 e. The second-order valence-electron chi connectivity index (χ2n) is 15.4. The maximum absolute atomic E-state index is 13.3. The Morgan fingerprint density at radius 3 is 2.33 bits per heavy atom. The van der Waals surface area contributed by atoms with E-state index in [1.54, 1.807) is 5.57 Å². The molecule has 0 spiro atoms. The van der Waals surface area contributed by atoms with Gasteiger partial charge >= 0.3 is 11.9 Å². The maximum Gasteiger partial charge on any atom is 0.331 e. The summed E-state index contributed by atoms with van der Waals surface area (Å²) in [5.74, 6) is -1.44. The van der Waals surface area contributed by atoms with Gasteiger partial charge in [0, 0.05) is 30.1 Å². The number of carboxylic acids is 1. The van der Waals surface area contributed by atoms with Gasteiger partial charge in [0.2, 0.25) is 0 Å². The van der Waals surface area contributed by atoms with Gasteiger partial charge in [0.15, 0.2) is 0 Å². The lowest BCUT2D eigenvalue weighted by molar-refractivity contribution is -0.160. The lowest BCUT2D eigenvalue weighted by Gasteiger charge is -2.68. The number of ether oxygens (including phenoxy) is 1. The maximum atomic E-state index is 13.3. The van der Waals surface area contributed by atoms with Crippen LogP contribution in [0.15, 0.2) is 22.3 Å². The predicted molar refractivity (Wildman–Crippen MR) is 161 cm³/mol. The summed E-state index contributed by atoms with van der Waals surface area (Å²) in [5.41, 5.74) is 24.3. The van der Waals surface area contributed by atoms with Crippen molar-refractivity contribution in [2.45, 2.75) is 140 Å². The normalized spacial score (nSPS) is 48.3. The van der Waals surface area contributed by atoms with E-state index in [0.29, 0.717) is 31.3 Å². The van der Waals surface area contributed by atoms with Gasteiger partial charge in [-0.1, -0.05) is 25.0 Å². The van der Waals surface area contributed by atoms with Crippen LogP contribution in [0.5, 0.6) is 0 Å². The molecule has 6 rings (SSSR count). The van der Waals surface area contributed by atoms with Crippen molar-refractivity contribution in [1.29, 1.82) is 0 Å². The second-order valence-corrected chi connectivity index (χ2v) is 15.4. The molecule has 8 nitrogen and oxygen atoms in total. The highest BCUT2D eigenvalue weighted by Crippen LogP contribution is 2.69. The van der Waals surface area contributed by atoms with E-state index in [1.807, 2.05) is 0 Å². The van der Waals surface area contributed by atoms with Crippen LogP contribution in [-0.4, -0.2) is 52.0 Å². The van der Waals surface area contributed by atoms with Crippen molar-refractivity contribution in [3.8, 4) is 0 Å². The fraction of sp³-hybridized carbons (Fsp3) is 0.824. The monoisotopic (exact) mass is 583 g/mol. The summed E-state index contributed by atoms with van der Waals surface area (Å²) >= 11 is 0. The lowest BCUT2D eigenvalue weighted by Crippen LogP contribution is -2.76. The number of allylic oxidation sites excluding steroid dienone is 2. The number of esters is 1. The summed E-state index contributed by atoms with van der Waals surface area (Å²) in [6.07, 6.45) is 11.4. The van der Waals surface area contributed by atoms with E-state index >= 15 is 0 Å². The van der Waals surface area contributed by atoms with Crippen LogP contribution in [0, 0.1) is 34.5 Å². The van der Waals surface area contributed by atoms with Crippen molar-refractivity contribution < 1.29 is 24.5 Å². The number of carboxylic acid groups (broad SMARTS) is 1. The van der Waals surface area contributed by atoms with Gasteiger partial charge in [-0.05, 0) is 130 Å². The molecule has 6 fully saturated rings. The van der Waals surface area contributed by atoms with Crippen molar-refractivity contribution in [2.75, 3.05) is 0 Å². The van der Waals surface area contributed by atoms with Gasteiger partial charge in [0.25, 0.3) is 0 Å². The zero-order valence-corrected chi connectivity index (χ0v) is 25.9. The fourth-order valence-corrected chi connectivity index (χ4v) is 11.6. The number of aliphatic carboxylic acids is 1. The molecule has 42 heavy (non-hydrogen) atoms. The van der Waals surface area contributed by atoms with Gasteiger partial charge in [-0.2, -0.15) is 0 Å². The molecule has 0 aromatic rings. The van der Waals surface area contributed by atoms with Gasteiger partial charge in [0.1, 0.15) is 6.10 Å². The van der Waals surface area contributed by atoms with Crippen LogP contribution >= 0.6 is 0 Å². The zero-order valence-electron chi connectivity index (χ0n) is 25.9. The summed E-state index contributed by atoms with van der Waals surface area (Å²) < 4.78 is 6.03. The van der Waals surface area contributed by atoms with Crippen molar-refractivity contribution in [2.24, 2.45) is 51.7 Å². The molecule has 234 valence electrons. The number of hydrogen-bond donors (Lipinski definition) is 5. The first kappa shape index (κ1) is 30.3. The molecule has 8 heteroatoms. The summed E-state index contributed by atoms with van der Waals surface area (Å²) in [4.78, 5) is 25.7. The lowest BCUT2D eigenvalue weighted by atomic mass is 9.39. The summed E-state index contributed by atoms with van der Waals surface area (Å²) in [5, 5.41) is 21.5. The molecule has 1 unspecified atom stereocenters. The van der Waals surface area contributed by atoms with Crippen LogP contribution in [0.2, 0.25) is 0 Å². The quantitative estimate of drug-likeness (QED) is 0.186. The Bertz CT molecular complexity index is 1190. The Balaban J connectivity index is 1.45. The van der Waals surface area contributed by atoms with E-state index in [4.69, 9.17) is 21.9 Å². The number of fused-ring (bicyclic) bond motifs is 5. The highest BCUT2D eigenvalue weighted by atomic mass is 16.5. The highest BCUT2D eigenvalue weighted by molar-refractivity contribution is 5.89. The van der Waals surface area contributed by atoms with Crippen molar-refractivity contribution >= 4 is 11.9 Å². The molecule has 0 bridgehead atoms. The van der Waals surface area contributed by atoms with E-state index in [2.05, 4.69) is 13.8 Å². The number of carbonyl (C=O) groups is 2. The summed E-state index contributed by atoms with van der Waals surface area (Å²) in [7, 11) is 0. The molecule has 6 aliphatic rings. The average Bonchev–Trinajstić information content (AvgIpc) is 3.55. The molecule has 11 atom stereocenters. The fourth-order valence-electron chi connectivity index (χ4n) is 11.6. The molecule has 0 saturated heterocycles. The van der Waals surface area contributed by atoms with Crippen LogP contribution in [-0.2, 0) is 14.3 Å². The minimum atomic E-state index is -0.890. The van der Waals surface area contributed by atoms with E-state index in [0.717, 1.165) is 56.9 Å². The molecule has 0 aromatic heterocycles. The molecule has 0 radical (unpaired) electrons. The predicted octanol–water partition coefficient (Wildman–Crippen LogP) is 4.33. The van der Waals surface area contributed by atoms with E-state index in [-0.39, 0.29) is 41.2 Å². The SMILES string of the molecule is CC(=O)O[C@H]1C[C@@]2(C)[C@@H](C[C@H](N)[C@H]3[C@@]4(C)CC[C@@H](O)[C@@H](N)[C@@H]4CC[C@@]32N)/C1=C(/C(=O)O)C1CCCC(=C2CCCC2)C1. The number of nitrogens with two attached hydrogens (primary N) is 3. The largest absolute Gasteiger partial charge is 0.478 e. The van der Waals surface area contributed by atoms with Crippen LogP contribution in [0.3, 0.4) is 0 Å². The number of carbonyl (C=O) groups excluding carboxylic acids is 1. The van der Waals surface area contributed by atoms with Crippen LogP contribution < -0.4 is 17.2 Å². The Morgan fingerprint density at radius 2 is 1.67 bits per heavy atom. The highest BCUT2D eigenvalue weighted by Gasteiger charge is 2.71. The minimum Gasteiger partial charge on any atom is -0.478 e. The van der Waals surface area contributed by atoms with E-state index in [9.17, 15) is 19.8 Å². The summed E-state index contributed by atoms with van der Waals surface area (Å²) in [6, 6.07) is -0.543. The molecular formula is C34H53N3O5. The molecule has 0 aromatic carbocycles. The van der Waals surface area contributed by atoms with Crippen molar-refractivity contribution in [1.82, 2.24) is 0 Å². The third-order valence-corrected chi connectivity index (χ3v) is 13.5. The number of aliphatic hydroxyl groups is 1. The minimum absolute atomic E-state index is 0.0254. The van der Waals surface area contributed by atoms with Crippen LogP contribution in [0.4, 0.5) is 0 Å². The number of aliphatic hydroxyl groups excluding tert-OH is 1. The van der Waals surface area contributed by atoms with Gasteiger partial charge in [-0.3, -0.25) is 4.79 Å². The van der Waals surface area contributed by atoms with Gasteiger partial charge in [0.05, 0.1) is 6.10 Å². The third kappa shape index (κ3) is 4.45. The van der Waals surface area contributed by atoms with E-state index < -0.39 is 35.1 Å². The van der Waals surface area contributed by atoms with Crippen LogP contribution in [0.1, 0.15) is 111 Å². The van der Waals surface area contributed by atoms with Gasteiger partial charge < -0.3 is 32.2 Å². The Labute approximate surface area is 250 Å². The third-order valence-electron chi connectivity index (χ3n) is 13.5. The van der Waals surface area contributed by atoms with E-state index in [1.165, 1.54) is 25.3 Å². The Morgan fingerprint density at radius 1 is 0.976 bits per heavy atom.